The summed E-state index contributed by atoms with van der Waals surface area (Å²) in [6.45, 7) is 1.68. The van der Waals surface area contributed by atoms with Crippen LogP contribution >= 0.6 is 0 Å². The molecule has 0 aliphatic carbocycles. The van der Waals surface area contributed by atoms with Crippen LogP contribution in [0.3, 0.4) is 0 Å². The Morgan fingerprint density at radius 2 is 2.11 bits per heavy atom. The molecule has 1 amide bonds. The van der Waals surface area contributed by atoms with Gasteiger partial charge in [0.1, 0.15) is 5.69 Å². The van der Waals surface area contributed by atoms with Gasteiger partial charge in [0.15, 0.2) is 0 Å². The van der Waals surface area contributed by atoms with E-state index < -0.39 is 22.7 Å². The minimum atomic E-state index is -0.887. The van der Waals surface area contributed by atoms with Crippen molar-refractivity contribution in [1.29, 1.82) is 0 Å². The van der Waals surface area contributed by atoms with Crippen LogP contribution < -0.4 is 5.32 Å². The second-order valence-electron chi connectivity index (χ2n) is 3.29. The highest BCUT2D eigenvalue weighted by molar-refractivity contribution is 6.02. The van der Waals surface area contributed by atoms with Crippen LogP contribution in [-0.4, -0.2) is 30.7 Å². The molecule has 0 unspecified atom stereocenters. The maximum absolute atomic E-state index is 11.5. The number of nitro groups is 1. The van der Waals surface area contributed by atoms with Crippen molar-refractivity contribution in [2.45, 2.75) is 6.92 Å². The summed E-state index contributed by atoms with van der Waals surface area (Å²) in [6.07, 6.45) is -0.887. The summed E-state index contributed by atoms with van der Waals surface area (Å²) in [6, 6.07) is 3.79. The number of esters is 1. The van der Waals surface area contributed by atoms with Gasteiger partial charge in [-0.2, -0.15) is 0 Å². The van der Waals surface area contributed by atoms with Gasteiger partial charge in [-0.25, -0.2) is 9.59 Å². The zero-order chi connectivity index (χ0) is 14.4. The minimum Gasteiger partial charge on any atom is -0.465 e. The van der Waals surface area contributed by atoms with Crippen LogP contribution in [-0.2, 0) is 9.47 Å². The Bertz CT molecular complexity index is 514. The molecule has 0 atom stereocenters. The van der Waals surface area contributed by atoms with Crippen LogP contribution in [0.15, 0.2) is 18.2 Å². The van der Waals surface area contributed by atoms with Gasteiger partial charge in [-0.05, 0) is 13.0 Å². The van der Waals surface area contributed by atoms with Gasteiger partial charge in [-0.3, -0.25) is 15.4 Å². The van der Waals surface area contributed by atoms with Crippen LogP contribution in [0.1, 0.15) is 17.3 Å². The number of anilines is 1. The van der Waals surface area contributed by atoms with Crippen molar-refractivity contribution in [2.24, 2.45) is 0 Å². The minimum absolute atomic E-state index is 0.0972. The maximum Gasteiger partial charge on any atom is 0.411 e. The molecule has 1 aromatic rings. The summed E-state index contributed by atoms with van der Waals surface area (Å²) in [5.41, 5.74) is -0.793. The van der Waals surface area contributed by atoms with E-state index in [4.69, 9.17) is 0 Å². The van der Waals surface area contributed by atoms with E-state index in [0.717, 1.165) is 13.2 Å². The summed E-state index contributed by atoms with van der Waals surface area (Å²) < 4.78 is 9.12. The summed E-state index contributed by atoms with van der Waals surface area (Å²) in [5, 5.41) is 13.1. The summed E-state index contributed by atoms with van der Waals surface area (Å²) in [4.78, 5) is 33.0. The van der Waals surface area contributed by atoms with Crippen molar-refractivity contribution >= 4 is 23.4 Å². The van der Waals surface area contributed by atoms with Crippen LogP contribution in [0.4, 0.5) is 16.2 Å². The quantitative estimate of drug-likeness (QED) is 0.508. The second kappa shape index (κ2) is 6.34. The van der Waals surface area contributed by atoms with Crippen LogP contribution in [0.25, 0.3) is 0 Å². The molecule has 0 heterocycles. The number of rotatable bonds is 4. The molecule has 102 valence electrons. The van der Waals surface area contributed by atoms with Crippen molar-refractivity contribution < 1.29 is 24.0 Å². The summed E-state index contributed by atoms with van der Waals surface area (Å²) >= 11 is 0. The SMILES string of the molecule is CCOC(=O)Nc1c(C(=O)OC)cccc1[N+](=O)[O-]. The standard InChI is InChI=1S/C11H12N2O6/c1-3-19-11(15)12-9-7(10(14)18-2)5-4-6-8(9)13(16)17/h4-6H,3H2,1-2H3,(H,12,15). The molecule has 0 fully saturated rings. The normalized spacial score (nSPS) is 9.58. The Balaban J connectivity index is 3.25. The van der Waals surface area contributed by atoms with Crippen molar-refractivity contribution in [3.8, 4) is 0 Å². The van der Waals surface area contributed by atoms with E-state index in [1.807, 2.05) is 0 Å². The fraction of sp³-hybridized carbons (Fsp3) is 0.273. The molecule has 8 heteroatoms. The summed E-state index contributed by atoms with van der Waals surface area (Å²) in [5.74, 6) is -0.796. The molecule has 0 aromatic heterocycles. The predicted octanol–water partition coefficient (Wildman–Crippen LogP) is 1.95. The first-order valence-corrected chi connectivity index (χ1v) is 5.30. The average molecular weight is 268 g/mol. The van der Waals surface area contributed by atoms with E-state index in [1.165, 1.54) is 12.1 Å². The van der Waals surface area contributed by atoms with Crippen LogP contribution in [0.5, 0.6) is 0 Å². The molecule has 0 aliphatic rings. The smallest absolute Gasteiger partial charge is 0.411 e. The Labute approximate surface area is 108 Å². The van der Waals surface area contributed by atoms with Crippen molar-refractivity contribution in [2.75, 3.05) is 19.0 Å². The molecular formula is C11H12N2O6. The Morgan fingerprint density at radius 1 is 1.42 bits per heavy atom. The molecule has 0 radical (unpaired) electrons. The van der Waals surface area contributed by atoms with Gasteiger partial charge < -0.3 is 9.47 Å². The Hall–Kier alpha value is -2.64. The fourth-order valence-electron chi connectivity index (χ4n) is 1.37. The Morgan fingerprint density at radius 3 is 2.63 bits per heavy atom. The van der Waals surface area contributed by atoms with Crippen LogP contribution in [0.2, 0.25) is 0 Å². The number of nitrogens with one attached hydrogen (secondary N) is 1. The van der Waals surface area contributed by atoms with E-state index in [2.05, 4.69) is 14.8 Å². The largest absolute Gasteiger partial charge is 0.465 e. The third-order valence-corrected chi connectivity index (χ3v) is 2.15. The number of ether oxygens (including phenoxy) is 2. The zero-order valence-corrected chi connectivity index (χ0v) is 10.3. The van der Waals surface area contributed by atoms with Gasteiger partial charge in [0.05, 0.1) is 24.2 Å². The third kappa shape index (κ3) is 3.41. The molecule has 1 aromatic carbocycles. The fourth-order valence-corrected chi connectivity index (χ4v) is 1.37. The number of methoxy groups -OCH3 is 1. The monoisotopic (exact) mass is 268 g/mol. The van der Waals surface area contributed by atoms with Gasteiger partial charge in [0, 0.05) is 6.07 Å². The van der Waals surface area contributed by atoms with E-state index >= 15 is 0 Å². The highest BCUT2D eigenvalue weighted by Gasteiger charge is 2.24. The number of hydrogen-bond donors (Lipinski definition) is 1. The van der Waals surface area contributed by atoms with E-state index in [0.29, 0.717) is 0 Å². The average Bonchev–Trinajstić information content (AvgIpc) is 2.38. The van der Waals surface area contributed by atoms with E-state index in [-0.39, 0.29) is 17.9 Å². The number of nitro benzene ring substituents is 1. The van der Waals surface area contributed by atoms with E-state index in [9.17, 15) is 19.7 Å². The third-order valence-electron chi connectivity index (χ3n) is 2.15. The first-order chi connectivity index (χ1) is 9.01. The Kier molecular flexibility index (Phi) is 4.81. The lowest BCUT2D eigenvalue weighted by molar-refractivity contribution is -0.383. The van der Waals surface area contributed by atoms with Crippen molar-refractivity contribution in [1.82, 2.24) is 0 Å². The van der Waals surface area contributed by atoms with Gasteiger partial charge in [0.25, 0.3) is 5.69 Å². The molecule has 0 spiro atoms. The highest BCUT2D eigenvalue weighted by Crippen LogP contribution is 2.28. The number of nitrogens with zero attached hydrogens (tertiary/aromatic N) is 1. The molecule has 0 saturated heterocycles. The zero-order valence-electron chi connectivity index (χ0n) is 10.3. The first kappa shape index (κ1) is 14.4. The number of carbonyl (C=O) groups is 2. The molecule has 1 N–H and O–H groups in total. The second-order valence-corrected chi connectivity index (χ2v) is 3.29. The number of hydrogen-bond acceptors (Lipinski definition) is 6. The van der Waals surface area contributed by atoms with Gasteiger partial charge in [-0.1, -0.05) is 6.07 Å². The van der Waals surface area contributed by atoms with Gasteiger partial charge in [-0.15, -0.1) is 0 Å². The van der Waals surface area contributed by atoms with Crippen molar-refractivity contribution in [3.63, 3.8) is 0 Å². The number of carbonyl (C=O) groups excluding carboxylic acids is 2. The first-order valence-electron chi connectivity index (χ1n) is 5.30. The molecule has 1 rings (SSSR count). The molecule has 0 bridgehead atoms. The molecule has 0 saturated carbocycles. The number of amides is 1. The molecule has 0 aliphatic heterocycles. The lowest BCUT2D eigenvalue weighted by Crippen LogP contribution is -2.17. The summed E-state index contributed by atoms with van der Waals surface area (Å²) in [7, 11) is 1.13. The van der Waals surface area contributed by atoms with Crippen molar-refractivity contribution in [3.05, 3.63) is 33.9 Å². The molecule has 8 nitrogen and oxygen atoms in total. The van der Waals surface area contributed by atoms with Gasteiger partial charge in [0.2, 0.25) is 0 Å². The van der Waals surface area contributed by atoms with Crippen LogP contribution in [0, 0.1) is 10.1 Å². The number of benzene rings is 1. The highest BCUT2D eigenvalue weighted by atomic mass is 16.6. The molecular weight excluding hydrogens is 256 g/mol. The predicted molar refractivity (Wildman–Crippen MR) is 65.1 cm³/mol. The number of para-hydroxylation sites is 1. The lowest BCUT2D eigenvalue weighted by Gasteiger charge is -2.09. The topological polar surface area (TPSA) is 108 Å². The molecule has 19 heavy (non-hydrogen) atoms. The maximum atomic E-state index is 11.5. The van der Waals surface area contributed by atoms with Gasteiger partial charge >= 0.3 is 12.1 Å². The lowest BCUT2D eigenvalue weighted by atomic mass is 10.1. The van der Waals surface area contributed by atoms with E-state index in [1.54, 1.807) is 6.92 Å².